The Hall–Kier alpha value is -1.38. The molecule has 0 bridgehead atoms. The average molecular weight is 259 g/mol. The van der Waals surface area contributed by atoms with E-state index in [0.29, 0.717) is 10.6 Å². The van der Waals surface area contributed by atoms with Gasteiger partial charge in [0.05, 0.1) is 10.2 Å². The van der Waals surface area contributed by atoms with Gasteiger partial charge in [0.2, 0.25) is 4.80 Å². The molecule has 86 valence electrons. The quantitative estimate of drug-likeness (QED) is 0.467. The van der Waals surface area contributed by atoms with Crippen molar-refractivity contribution in [2.24, 2.45) is 18.0 Å². The van der Waals surface area contributed by atoms with Gasteiger partial charge in [0.15, 0.2) is 0 Å². The van der Waals surface area contributed by atoms with Crippen LogP contribution in [0.1, 0.15) is 0 Å². The van der Waals surface area contributed by atoms with Crippen LogP contribution in [0.15, 0.2) is 23.3 Å². The van der Waals surface area contributed by atoms with Crippen LogP contribution in [0, 0.1) is 0 Å². The first-order valence-electron chi connectivity index (χ1n) is 4.24. The summed E-state index contributed by atoms with van der Waals surface area (Å²) >= 11 is -0.934. The molecule has 1 atom stereocenters. The lowest BCUT2D eigenvalue weighted by atomic mass is 10.3. The van der Waals surface area contributed by atoms with Crippen molar-refractivity contribution in [3.05, 3.63) is 23.0 Å². The fourth-order valence-electron chi connectivity index (χ4n) is 1.37. The predicted octanol–water partition coefficient (Wildman–Crippen LogP) is 0.530. The van der Waals surface area contributed by atoms with Crippen LogP contribution in [-0.4, -0.2) is 13.3 Å². The van der Waals surface area contributed by atoms with Crippen molar-refractivity contribution in [1.82, 2.24) is 4.57 Å². The molecule has 8 heteroatoms. The number of fused-ring (bicyclic) bond motifs is 1. The molecule has 0 amide bonds. The minimum absolute atomic E-state index is 0.332. The second kappa shape index (κ2) is 4.24. The predicted molar refractivity (Wildman–Crippen MR) is 61.9 cm³/mol. The molecule has 0 aliphatic heterocycles. The van der Waals surface area contributed by atoms with E-state index in [1.54, 1.807) is 18.2 Å². The van der Waals surface area contributed by atoms with Crippen molar-refractivity contribution < 1.29 is 12.9 Å². The summed E-state index contributed by atoms with van der Waals surface area (Å²) in [4.78, 5) is 0.664. The van der Waals surface area contributed by atoms with Gasteiger partial charge in [0.25, 0.3) is 0 Å². The first-order chi connectivity index (χ1) is 7.61. The van der Waals surface area contributed by atoms with Gasteiger partial charge in [0, 0.05) is 13.1 Å². The standard InChI is InChI=1S/C8H9N3O3S2/c1-11-6-3-2-5(14-16(12)13)4-7(6)15-8(11)10-9/h2-4H,9H2,1H3,(H,12,13). The highest BCUT2D eigenvalue weighted by Crippen LogP contribution is 2.22. The van der Waals surface area contributed by atoms with E-state index in [1.807, 2.05) is 11.6 Å². The zero-order chi connectivity index (χ0) is 11.7. The monoisotopic (exact) mass is 259 g/mol. The van der Waals surface area contributed by atoms with Crippen LogP contribution < -0.4 is 14.8 Å². The third-order valence-electron chi connectivity index (χ3n) is 2.06. The second-order valence-corrected chi connectivity index (χ2v) is 4.61. The minimum atomic E-state index is -2.31. The van der Waals surface area contributed by atoms with E-state index in [1.165, 1.54) is 11.3 Å². The fourth-order valence-corrected chi connectivity index (χ4v) is 2.61. The molecule has 16 heavy (non-hydrogen) atoms. The number of thiazole rings is 1. The van der Waals surface area contributed by atoms with Gasteiger partial charge >= 0.3 is 11.4 Å². The highest BCUT2D eigenvalue weighted by Gasteiger charge is 2.05. The summed E-state index contributed by atoms with van der Waals surface area (Å²) in [5.41, 5.74) is 0.935. The van der Waals surface area contributed by atoms with Crippen molar-refractivity contribution in [3.63, 3.8) is 0 Å². The number of aryl methyl sites for hydroxylation is 1. The summed E-state index contributed by atoms with van der Waals surface area (Å²) in [7, 11) is 1.84. The lowest BCUT2D eigenvalue weighted by Crippen LogP contribution is -2.12. The molecule has 0 aliphatic carbocycles. The molecule has 1 aromatic heterocycles. The zero-order valence-electron chi connectivity index (χ0n) is 8.28. The molecule has 0 saturated carbocycles. The molecule has 1 unspecified atom stereocenters. The van der Waals surface area contributed by atoms with Crippen LogP contribution >= 0.6 is 11.3 Å². The molecule has 0 spiro atoms. The van der Waals surface area contributed by atoms with Gasteiger partial charge in [-0.15, -0.1) is 0 Å². The Kier molecular flexibility index (Phi) is 2.95. The maximum Gasteiger partial charge on any atom is 0.357 e. The molecule has 0 fully saturated rings. The van der Waals surface area contributed by atoms with Crippen LogP contribution in [0.2, 0.25) is 0 Å². The third-order valence-corrected chi connectivity index (χ3v) is 3.50. The molecular weight excluding hydrogens is 250 g/mol. The van der Waals surface area contributed by atoms with Gasteiger partial charge in [0.1, 0.15) is 5.75 Å². The SMILES string of the molecule is Cn1c(=NN)sc2cc(OS(=O)O)ccc21. The van der Waals surface area contributed by atoms with Crippen LogP contribution in [0.4, 0.5) is 0 Å². The third kappa shape index (κ3) is 1.94. The number of nitrogens with zero attached hydrogens (tertiary/aromatic N) is 2. The van der Waals surface area contributed by atoms with Gasteiger partial charge in [-0.25, -0.2) is 0 Å². The first-order valence-corrected chi connectivity index (χ1v) is 6.09. The normalized spacial score (nSPS) is 14.2. The lowest BCUT2D eigenvalue weighted by Gasteiger charge is -1.99. The van der Waals surface area contributed by atoms with E-state index in [9.17, 15) is 4.21 Å². The summed E-state index contributed by atoms with van der Waals surface area (Å²) in [6.45, 7) is 0. The molecule has 3 N–H and O–H groups in total. The van der Waals surface area contributed by atoms with Gasteiger partial charge in [-0.05, 0) is 12.1 Å². The fraction of sp³-hybridized carbons (Fsp3) is 0.125. The van der Waals surface area contributed by atoms with Gasteiger partial charge in [-0.2, -0.15) is 9.31 Å². The van der Waals surface area contributed by atoms with Crippen molar-refractivity contribution in [1.29, 1.82) is 0 Å². The lowest BCUT2D eigenvalue weighted by molar-refractivity contribution is 0.458. The summed E-state index contributed by atoms with van der Waals surface area (Å²) in [6, 6.07) is 5.06. The summed E-state index contributed by atoms with van der Waals surface area (Å²) < 4.78 is 26.5. The van der Waals surface area contributed by atoms with Gasteiger partial charge in [-0.1, -0.05) is 11.3 Å². The Morgan fingerprint density at radius 2 is 2.38 bits per heavy atom. The van der Waals surface area contributed by atoms with Crippen molar-refractivity contribution >= 4 is 32.9 Å². The molecule has 0 saturated heterocycles. The summed E-state index contributed by atoms with van der Waals surface area (Å²) in [5, 5.41) is 3.63. The molecule has 2 aromatic rings. The Labute approximate surface area is 97.5 Å². The molecule has 0 aliphatic rings. The van der Waals surface area contributed by atoms with E-state index in [0.717, 1.165) is 10.2 Å². The van der Waals surface area contributed by atoms with Gasteiger partial charge < -0.3 is 14.6 Å². The first kappa shape index (κ1) is 11.1. The largest absolute Gasteiger partial charge is 0.380 e. The average Bonchev–Trinajstić information content (AvgIpc) is 2.54. The summed E-state index contributed by atoms with van der Waals surface area (Å²) in [6.07, 6.45) is 0. The molecule has 2 rings (SSSR count). The van der Waals surface area contributed by atoms with Crippen LogP contribution in [-0.2, 0) is 18.4 Å². The molecule has 1 heterocycles. The number of nitrogens with two attached hydrogens (primary N) is 1. The topological polar surface area (TPSA) is 89.8 Å². The van der Waals surface area contributed by atoms with Crippen molar-refractivity contribution in [3.8, 4) is 5.75 Å². The highest BCUT2D eigenvalue weighted by atomic mass is 32.2. The van der Waals surface area contributed by atoms with Crippen LogP contribution in [0.5, 0.6) is 5.75 Å². The number of hydrogen-bond donors (Lipinski definition) is 2. The van der Waals surface area contributed by atoms with Crippen molar-refractivity contribution in [2.75, 3.05) is 0 Å². The molecule has 6 nitrogen and oxygen atoms in total. The summed E-state index contributed by atoms with van der Waals surface area (Å²) in [5.74, 6) is 5.56. The van der Waals surface area contributed by atoms with E-state index in [-0.39, 0.29) is 0 Å². The van der Waals surface area contributed by atoms with Crippen LogP contribution in [0.25, 0.3) is 10.2 Å². The van der Waals surface area contributed by atoms with E-state index in [2.05, 4.69) is 9.28 Å². The Morgan fingerprint density at radius 3 is 3.00 bits per heavy atom. The van der Waals surface area contributed by atoms with E-state index in [4.69, 9.17) is 10.4 Å². The van der Waals surface area contributed by atoms with Crippen LogP contribution in [0.3, 0.4) is 0 Å². The maximum atomic E-state index is 10.5. The number of benzene rings is 1. The Balaban J connectivity index is 2.59. The zero-order valence-corrected chi connectivity index (χ0v) is 9.92. The minimum Gasteiger partial charge on any atom is -0.380 e. The molecular formula is C8H9N3O3S2. The highest BCUT2D eigenvalue weighted by molar-refractivity contribution is 7.74. The maximum absolute atomic E-state index is 10.5. The van der Waals surface area contributed by atoms with Gasteiger partial charge in [-0.3, -0.25) is 4.55 Å². The van der Waals surface area contributed by atoms with E-state index >= 15 is 0 Å². The van der Waals surface area contributed by atoms with E-state index < -0.39 is 11.4 Å². The Bertz CT molecular complexity index is 617. The van der Waals surface area contributed by atoms with Crippen molar-refractivity contribution in [2.45, 2.75) is 0 Å². The molecule has 0 radical (unpaired) electrons. The number of rotatable bonds is 2. The smallest absolute Gasteiger partial charge is 0.357 e. The second-order valence-electron chi connectivity index (χ2n) is 3.00. The number of aromatic nitrogens is 1. The Morgan fingerprint density at radius 1 is 1.62 bits per heavy atom. The number of hydrogen-bond acceptors (Lipinski definition) is 5. The molecule has 1 aromatic carbocycles.